The molecule has 1 heterocycles. The van der Waals surface area contributed by atoms with E-state index in [1.54, 1.807) is 0 Å². The zero-order valence-electron chi connectivity index (χ0n) is 5.79. The first-order chi connectivity index (χ1) is 4.54. The quantitative estimate of drug-likeness (QED) is 0.533. The SMILES string of the molecule is C.C.CC(C)=O.NC(=O)C1SS1. The first-order valence-electron chi connectivity index (χ1n) is 2.62. The van der Waals surface area contributed by atoms with Gasteiger partial charge in [-0.05, 0) is 13.8 Å². The molecule has 74 valence electrons. The van der Waals surface area contributed by atoms with Crippen LogP contribution in [0.15, 0.2) is 0 Å². The lowest BCUT2D eigenvalue weighted by molar-refractivity contribution is -0.116. The number of hydrogen-bond donors (Lipinski definition) is 1. The van der Waals surface area contributed by atoms with Gasteiger partial charge in [0.2, 0.25) is 5.91 Å². The summed E-state index contributed by atoms with van der Waals surface area (Å²) in [5, 5.41) is 0. The maximum absolute atomic E-state index is 9.94. The summed E-state index contributed by atoms with van der Waals surface area (Å²) in [6.45, 7) is 3.06. The highest BCUT2D eigenvalue weighted by Gasteiger charge is 2.30. The van der Waals surface area contributed by atoms with Gasteiger partial charge in [0, 0.05) is 0 Å². The topological polar surface area (TPSA) is 60.2 Å². The van der Waals surface area contributed by atoms with E-state index >= 15 is 0 Å². The van der Waals surface area contributed by atoms with Gasteiger partial charge in [0.15, 0.2) is 0 Å². The molecule has 5 heteroatoms. The van der Waals surface area contributed by atoms with Crippen LogP contribution in [0, 0.1) is 0 Å². The summed E-state index contributed by atoms with van der Waals surface area (Å²) in [5.41, 5.74) is 4.82. The zero-order valence-corrected chi connectivity index (χ0v) is 7.42. The van der Waals surface area contributed by atoms with Crippen molar-refractivity contribution in [3.63, 3.8) is 0 Å². The van der Waals surface area contributed by atoms with Crippen LogP contribution < -0.4 is 5.73 Å². The van der Waals surface area contributed by atoms with E-state index in [1.807, 2.05) is 0 Å². The summed E-state index contributed by atoms with van der Waals surface area (Å²) in [6.07, 6.45) is 0. The summed E-state index contributed by atoms with van der Waals surface area (Å²) >= 11 is 0. The number of carbonyl (C=O) groups excluding carboxylic acids is 2. The van der Waals surface area contributed by atoms with Crippen LogP contribution in [0.25, 0.3) is 0 Å². The van der Waals surface area contributed by atoms with E-state index < -0.39 is 0 Å². The molecule has 1 aliphatic rings. The van der Waals surface area contributed by atoms with Crippen LogP contribution in [0.4, 0.5) is 0 Å². The van der Waals surface area contributed by atoms with E-state index in [4.69, 9.17) is 5.73 Å². The van der Waals surface area contributed by atoms with Crippen LogP contribution in [0.1, 0.15) is 28.7 Å². The average Bonchev–Trinajstić information content (AvgIpc) is 2.38. The minimum absolute atomic E-state index is 0. The second-order valence-corrected chi connectivity index (χ2v) is 4.62. The fourth-order valence-electron chi connectivity index (χ4n) is 0.123. The molecule has 1 fully saturated rings. The lowest BCUT2D eigenvalue weighted by Gasteiger charge is -1.73. The van der Waals surface area contributed by atoms with Crippen molar-refractivity contribution in [1.29, 1.82) is 0 Å². The van der Waals surface area contributed by atoms with Crippen molar-refractivity contribution in [2.45, 2.75) is 33.3 Å². The van der Waals surface area contributed by atoms with Crippen molar-refractivity contribution in [2.75, 3.05) is 0 Å². The van der Waals surface area contributed by atoms with Gasteiger partial charge in [-0.15, -0.1) is 0 Å². The van der Waals surface area contributed by atoms with Crippen LogP contribution in [0.3, 0.4) is 0 Å². The molecule has 0 aromatic carbocycles. The molecule has 0 aliphatic carbocycles. The molecule has 3 nitrogen and oxygen atoms in total. The Morgan fingerprint density at radius 2 is 1.42 bits per heavy atom. The molecule has 0 unspecified atom stereocenters. The van der Waals surface area contributed by atoms with Gasteiger partial charge in [0.05, 0.1) is 0 Å². The third-order valence-electron chi connectivity index (χ3n) is 0.425. The smallest absolute Gasteiger partial charge is 0.242 e. The summed E-state index contributed by atoms with van der Waals surface area (Å²) in [6, 6.07) is 0. The molecule has 1 aliphatic heterocycles. The Morgan fingerprint density at radius 3 is 1.42 bits per heavy atom. The first-order valence-corrected chi connectivity index (χ1v) is 4.90. The predicted octanol–water partition coefficient (Wildman–Crippen LogP) is 2.06. The molecule has 0 bridgehead atoms. The van der Waals surface area contributed by atoms with Gasteiger partial charge in [0.1, 0.15) is 10.4 Å². The molecule has 0 aromatic heterocycles. The summed E-state index contributed by atoms with van der Waals surface area (Å²) in [4.78, 5) is 19.4. The Kier molecular flexibility index (Phi) is 13.3. The van der Waals surface area contributed by atoms with E-state index in [-0.39, 0.29) is 31.1 Å². The van der Waals surface area contributed by atoms with Gasteiger partial charge in [-0.25, -0.2) is 0 Å². The number of hydrogen-bond acceptors (Lipinski definition) is 4. The molecule has 0 radical (unpaired) electrons. The van der Waals surface area contributed by atoms with Crippen molar-refractivity contribution < 1.29 is 9.59 Å². The highest BCUT2D eigenvalue weighted by Crippen LogP contribution is 2.52. The van der Waals surface area contributed by atoms with Gasteiger partial charge in [-0.1, -0.05) is 36.4 Å². The number of ketones is 1. The second-order valence-electron chi connectivity index (χ2n) is 1.83. The van der Waals surface area contributed by atoms with Crippen molar-refractivity contribution >= 4 is 33.3 Å². The molecule has 12 heavy (non-hydrogen) atoms. The summed E-state index contributed by atoms with van der Waals surface area (Å²) in [7, 11) is 3.04. The van der Waals surface area contributed by atoms with Gasteiger partial charge in [-0.2, -0.15) is 0 Å². The molecule has 2 N–H and O–H groups in total. The Bertz CT molecular complexity index is 142. The van der Waals surface area contributed by atoms with E-state index in [1.165, 1.54) is 35.4 Å². The molecule has 0 spiro atoms. The van der Waals surface area contributed by atoms with Crippen LogP contribution in [-0.2, 0) is 9.59 Å². The highest BCUT2D eigenvalue weighted by molar-refractivity contribution is 8.93. The fraction of sp³-hybridized carbons (Fsp3) is 0.714. The third kappa shape index (κ3) is 16.4. The molecular weight excluding hydrogens is 194 g/mol. The lowest BCUT2D eigenvalue weighted by Crippen LogP contribution is -2.14. The molecule has 1 rings (SSSR count). The van der Waals surface area contributed by atoms with Crippen molar-refractivity contribution in [2.24, 2.45) is 5.73 Å². The number of carbonyl (C=O) groups is 2. The number of amides is 1. The van der Waals surface area contributed by atoms with Crippen molar-refractivity contribution in [1.82, 2.24) is 0 Å². The standard InChI is InChI=1S/C3H6O.C2H3NOS2.2CH4/c1-3(2)4;3-1(4)2-5-6-2;;/h1-2H3;2H,(H2,3,4);2*1H4. The number of primary amides is 1. The largest absolute Gasteiger partial charge is 0.368 e. The van der Waals surface area contributed by atoms with Crippen molar-refractivity contribution in [3.8, 4) is 0 Å². The van der Waals surface area contributed by atoms with Crippen molar-refractivity contribution in [3.05, 3.63) is 0 Å². The van der Waals surface area contributed by atoms with E-state index in [2.05, 4.69) is 0 Å². The summed E-state index contributed by atoms with van der Waals surface area (Å²) in [5.74, 6) is -0.0370. The Morgan fingerprint density at radius 1 is 1.17 bits per heavy atom. The predicted molar refractivity (Wildman–Crippen MR) is 58.0 cm³/mol. The van der Waals surface area contributed by atoms with Crippen LogP contribution in [0.5, 0.6) is 0 Å². The third-order valence-corrected chi connectivity index (χ3v) is 2.43. The molecule has 1 saturated heterocycles. The van der Waals surface area contributed by atoms with Crippen LogP contribution in [-0.4, -0.2) is 16.3 Å². The number of Topliss-reactive ketones (excluding diaryl/α,β-unsaturated/α-hetero) is 1. The molecule has 0 atom stereocenters. The molecular formula is C7H17NO2S2. The van der Waals surface area contributed by atoms with E-state index in [9.17, 15) is 9.59 Å². The van der Waals surface area contributed by atoms with Gasteiger partial charge < -0.3 is 10.5 Å². The minimum Gasteiger partial charge on any atom is -0.368 e. The lowest BCUT2D eigenvalue weighted by atomic mass is 10.6. The van der Waals surface area contributed by atoms with Crippen LogP contribution in [0.2, 0.25) is 0 Å². The zero-order chi connectivity index (χ0) is 8.15. The average molecular weight is 211 g/mol. The molecule has 0 aromatic rings. The number of nitrogens with two attached hydrogens (primary N) is 1. The monoisotopic (exact) mass is 211 g/mol. The Hall–Kier alpha value is -0.160. The van der Waals surface area contributed by atoms with E-state index in [0.717, 1.165) is 0 Å². The molecule has 1 amide bonds. The Labute approximate surface area is 82.2 Å². The summed E-state index contributed by atoms with van der Waals surface area (Å²) < 4.78 is 0.0741. The number of rotatable bonds is 1. The second kappa shape index (κ2) is 8.93. The maximum atomic E-state index is 9.94. The Balaban J connectivity index is -0.000000124. The normalized spacial score (nSPS) is 12.5. The van der Waals surface area contributed by atoms with Gasteiger partial charge >= 0.3 is 0 Å². The first kappa shape index (κ1) is 17.8. The fourth-order valence-corrected chi connectivity index (χ4v) is 1.10. The minimum atomic E-state index is -0.204. The van der Waals surface area contributed by atoms with Gasteiger partial charge in [-0.3, -0.25) is 4.79 Å². The van der Waals surface area contributed by atoms with Crippen LogP contribution >= 0.6 is 21.6 Å². The van der Waals surface area contributed by atoms with Gasteiger partial charge in [0.25, 0.3) is 0 Å². The van der Waals surface area contributed by atoms with E-state index in [0.29, 0.717) is 0 Å². The highest BCUT2D eigenvalue weighted by atomic mass is 33.2. The maximum Gasteiger partial charge on any atom is 0.242 e. The molecule has 0 saturated carbocycles.